The molecule has 0 fully saturated rings. The highest BCUT2D eigenvalue weighted by Gasteiger charge is 2.22. The average Bonchev–Trinajstić information content (AvgIpc) is 2.75. The Bertz CT molecular complexity index is 387. The van der Waals surface area contributed by atoms with Gasteiger partial charge in [-0.25, -0.2) is 0 Å². The molecule has 0 aliphatic heterocycles. The number of carbonyl (C=O) groups excluding carboxylic acids is 1. The molecule has 0 spiro atoms. The highest BCUT2D eigenvalue weighted by atomic mass is 32.1. The lowest BCUT2D eigenvalue weighted by Gasteiger charge is -2.23. The van der Waals surface area contributed by atoms with Gasteiger partial charge in [0.25, 0.3) is 0 Å². The zero-order valence-electron chi connectivity index (χ0n) is 10.1. The van der Waals surface area contributed by atoms with Gasteiger partial charge in [0, 0.05) is 11.3 Å². The van der Waals surface area contributed by atoms with Gasteiger partial charge in [-0.15, -0.1) is 11.3 Å². The molecule has 0 bridgehead atoms. The van der Waals surface area contributed by atoms with Crippen LogP contribution in [0.1, 0.15) is 49.1 Å². The number of hydrogen-bond donors (Lipinski definition) is 2. The number of aryl methyl sites for hydroxylation is 1. The van der Waals surface area contributed by atoms with Gasteiger partial charge in [-0.3, -0.25) is 4.79 Å². The second kappa shape index (κ2) is 5.65. The minimum Gasteiger partial charge on any atom is -0.393 e. The summed E-state index contributed by atoms with van der Waals surface area (Å²) in [5.41, 5.74) is 1.30. The number of carbonyl (C=O) groups is 1. The maximum absolute atomic E-state index is 11.7. The van der Waals surface area contributed by atoms with Crippen LogP contribution in [-0.2, 0) is 11.2 Å². The van der Waals surface area contributed by atoms with Crippen LogP contribution in [0.15, 0.2) is 11.4 Å². The van der Waals surface area contributed by atoms with Crippen molar-refractivity contribution in [2.75, 3.05) is 0 Å². The normalized spacial score (nSPS) is 20.7. The molecular weight excluding hydrogens is 234 g/mol. The topological polar surface area (TPSA) is 49.3 Å². The number of fused-ring (bicyclic) bond motifs is 1. The second-order valence-electron chi connectivity index (χ2n) is 4.70. The highest BCUT2D eigenvalue weighted by Crippen LogP contribution is 2.33. The molecule has 1 amide bonds. The van der Waals surface area contributed by atoms with E-state index in [4.69, 9.17) is 5.11 Å². The van der Waals surface area contributed by atoms with Gasteiger partial charge in [0.1, 0.15) is 0 Å². The number of amides is 1. The summed E-state index contributed by atoms with van der Waals surface area (Å²) >= 11 is 1.78. The Labute approximate surface area is 106 Å². The van der Waals surface area contributed by atoms with E-state index in [-0.39, 0.29) is 11.9 Å². The SMILES string of the molecule is CC(O)CCC(=O)NC1CCCc2sccc21. The molecule has 4 heteroatoms. The van der Waals surface area contributed by atoms with Crippen LogP contribution in [0.5, 0.6) is 0 Å². The van der Waals surface area contributed by atoms with Crippen LogP contribution >= 0.6 is 11.3 Å². The molecule has 2 N–H and O–H groups in total. The van der Waals surface area contributed by atoms with Crippen molar-refractivity contribution >= 4 is 17.2 Å². The number of rotatable bonds is 4. The van der Waals surface area contributed by atoms with E-state index in [2.05, 4.69) is 16.8 Å². The van der Waals surface area contributed by atoms with Crippen LogP contribution in [-0.4, -0.2) is 17.1 Å². The van der Waals surface area contributed by atoms with E-state index in [1.807, 2.05) is 0 Å². The van der Waals surface area contributed by atoms with Crippen molar-refractivity contribution in [3.63, 3.8) is 0 Å². The van der Waals surface area contributed by atoms with Gasteiger partial charge in [0.2, 0.25) is 5.91 Å². The van der Waals surface area contributed by atoms with E-state index in [0.717, 1.165) is 19.3 Å². The summed E-state index contributed by atoms with van der Waals surface area (Å²) in [5.74, 6) is 0.0509. The molecule has 1 aliphatic carbocycles. The van der Waals surface area contributed by atoms with E-state index < -0.39 is 6.10 Å². The van der Waals surface area contributed by atoms with E-state index in [1.54, 1.807) is 18.3 Å². The van der Waals surface area contributed by atoms with Crippen molar-refractivity contribution in [1.82, 2.24) is 5.32 Å². The molecule has 0 radical (unpaired) electrons. The molecule has 1 aromatic rings. The van der Waals surface area contributed by atoms with Crippen molar-refractivity contribution in [2.45, 2.75) is 51.2 Å². The van der Waals surface area contributed by atoms with Gasteiger partial charge in [-0.2, -0.15) is 0 Å². The van der Waals surface area contributed by atoms with Gasteiger partial charge in [-0.1, -0.05) is 0 Å². The molecule has 2 atom stereocenters. The first-order valence-corrected chi connectivity index (χ1v) is 7.08. The van der Waals surface area contributed by atoms with Crippen molar-refractivity contribution in [3.8, 4) is 0 Å². The Balaban J connectivity index is 1.90. The third kappa shape index (κ3) is 3.30. The number of hydrogen-bond acceptors (Lipinski definition) is 3. The number of aliphatic hydroxyl groups excluding tert-OH is 1. The third-order valence-electron chi connectivity index (χ3n) is 3.18. The zero-order valence-corrected chi connectivity index (χ0v) is 10.9. The van der Waals surface area contributed by atoms with Crippen molar-refractivity contribution in [1.29, 1.82) is 0 Å². The lowest BCUT2D eigenvalue weighted by Crippen LogP contribution is -2.30. The first-order valence-electron chi connectivity index (χ1n) is 6.20. The van der Waals surface area contributed by atoms with Gasteiger partial charge in [0.05, 0.1) is 12.1 Å². The Morgan fingerprint density at radius 2 is 2.53 bits per heavy atom. The fourth-order valence-corrected chi connectivity index (χ4v) is 3.23. The minimum absolute atomic E-state index is 0.0509. The van der Waals surface area contributed by atoms with E-state index in [0.29, 0.717) is 12.8 Å². The largest absolute Gasteiger partial charge is 0.393 e. The Morgan fingerprint density at radius 1 is 1.71 bits per heavy atom. The number of nitrogens with one attached hydrogen (secondary N) is 1. The monoisotopic (exact) mass is 253 g/mol. The summed E-state index contributed by atoms with van der Waals surface area (Å²) in [4.78, 5) is 13.1. The minimum atomic E-state index is -0.399. The van der Waals surface area contributed by atoms with Gasteiger partial charge < -0.3 is 10.4 Å². The van der Waals surface area contributed by atoms with E-state index in [9.17, 15) is 4.79 Å². The molecule has 1 heterocycles. The maximum Gasteiger partial charge on any atom is 0.220 e. The predicted molar refractivity (Wildman–Crippen MR) is 69.1 cm³/mol. The molecule has 17 heavy (non-hydrogen) atoms. The Kier molecular flexibility index (Phi) is 4.18. The standard InChI is InChI=1S/C13H19NO2S/c1-9(15)5-6-13(16)14-11-3-2-4-12-10(11)7-8-17-12/h7-9,11,15H,2-6H2,1H3,(H,14,16). The highest BCUT2D eigenvalue weighted by molar-refractivity contribution is 7.10. The van der Waals surface area contributed by atoms with Crippen LogP contribution in [0.3, 0.4) is 0 Å². The third-order valence-corrected chi connectivity index (χ3v) is 4.17. The van der Waals surface area contributed by atoms with Crippen LogP contribution < -0.4 is 5.32 Å². The Morgan fingerprint density at radius 3 is 3.29 bits per heavy atom. The molecule has 0 aromatic carbocycles. The van der Waals surface area contributed by atoms with Gasteiger partial charge >= 0.3 is 0 Å². The summed E-state index contributed by atoms with van der Waals surface area (Å²) in [7, 11) is 0. The molecule has 3 nitrogen and oxygen atoms in total. The first-order chi connectivity index (χ1) is 8.16. The molecule has 1 aliphatic rings. The summed E-state index contributed by atoms with van der Waals surface area (Å²) in [6.45, 7) is 1.71. The summed E-state index contributed by atoms with van der Waals surface area (Å²) in [6.07, 6.45) is 3.87. The second-order valence-corrected chi connectivity index (χ2v) is 5.70. The van der Waals surface area contributed by atoms with Crippen molar-refractivity contribution in [3.05, 3.63) is 21.9 Å². The molecule has 2 unspecified atom stereocenters. The van der Waals surface area contributed by atoms with E-state index >= 15 is 0 Å². The van der Waals surface area contributed by atoms with Gasteiger partial charge in [0.15, 0.2) is 0 Å². The number of thiophene rings is 1. The number of aliphatic hydroxyl groups is 1. The molecule has 94 valence electrons. The summed E-state index contributed by atoms with van der Waals surface area (Å²) in [6, 6.07) is 2.31. The lowest BCUT2D eigenvalue weighted by atomic mass is 9.94. The fraction of sp³-hybridized carbons (Fsp3) is 0.615. The molecule has 1 aromatic heterocycles. The smallest absolute Gasteiger partial charge is 0.220 e. The molecule has 2 rings (SSSR count). The van der Waals surface area contributed by atoms with Crippen LogP contribution in [0.25, 0.3) is 0 Å². The van der Waals surface area contributed by atoms with Crippen molar-refractivity contribution in [2.24, 2.45) is 0 Å². The summed E-state index contributed by atoms with van der Waals surface area (Å²) in [5, 5.41) is 14.3. The van der Waals surface area contributed by atoms with E-state index in [1.165, 1.54) is 10.4 Å². The van der Waals surface area contributed by atoms with Crippen molar-refractivity contribution < 1.29 is 9.90 Å². The molecular formula is C13H19NO2S. The average molecular weight is 253 g/mol. The van der Waals surface area contributed by atoms with Crippen LogP contribution in [0.4, 0.5) is 0 Å². The molecule has 0 saturated carbocycles. The fourth-order valence-electron chi connectivity index (χ4n) is 2.24. The van der Waals surface area contributed by atoms with Gasteiger partial charge in [-0.05, 0) is 49.6 Å². The maximum atomic E-state index is 11.7. The predicted octanol–water partition coefficient (Wildman–Crippen LogP) is 2.40. The molecule has 0 saturated heterocycles. The van der Waals surface area contributed by atoms with Crippen LogP contribution in [0, 0.1) is 0 Å². The first kappa shape index (κ1) is 12.6. The van der Waals surface area contributed by atoms with Crippen LogP contribution in [0.2, 0.25) is 0 Å². The lowest BCUT2D eigenvalue weighted by molar-refractivity contribution is -0.122. The quantitative estimate of drug-likeness (QED) is 0.865. The Hall–Kier alpha value is -0.870. The summed E-state index contributed by atoms with van der Waals surface area (Å²) < 4.78 is 0. The zero-order chi connectivity index (χ0) is 12.3.